The fourth-order valence-corrected chi connectivity index (χ4v) is 1.74. The summed E-state index contributed by atoms with van der Waals surface area (Å²) in [6.45, 7) is 2.10. The summed E-state index contributed by atoms with van der Waals surface area (Å²) < 4.78 is 0. The van der Waals surface area contributed by atoms with Crippen molar-refractivity contribution >= 4 is 5.91 Å². The number of carbonyl (C=O) groups excluding carboxylic acids is 1. The van der Waals surface area contributed by atoms with E-state index in [1.54, 1.807) is 0 Å². The maximum absolute atomic E-state index is 11.6. The Morgan fingerprint density at radius 2 is 2.07 bits per heavy atom. The van der Waals surface area contributed by atoms with Crippen LogP contribution in [0.5, 0.6) is 0 Å². The highest BCUT2D eigenvalue weighted by Gasteiger charge is 2.30. The van der Waals surface area contributed by atoms with Crippen molar-refractivity contribution in [1.29, 1.82) is 0 Å². The highest BCUT2D eigenvalue weighted by atomic mass is 16.2. The summed E-state index contributed by atoms with van der Waals surface area (Å²) in [5, 5.41) is 3.11. The average molecular weight is 203 g/mol. The van der Waals surface area contributed by atoms with Gasteiger partial charge in [-0.2, -0.15) is 0 Å². The van der Waals surface area contributed by atoms with Crippen molar-refractivity contribution in [2.75, 3.05) is 0 Å². The Morgan fingerprint density at radius 3 is 2.60 bits per heavy atom. The van der Waals surface area contributed by atoms with E-state index in [-0.39, 0.29) is 11.9 Å². The van der Waals surface area contributed by atoms with Crippen LogP contribution in [0.2, 0.25) is 0 Å². The summed E-state index contributed by atoms with van der Waals surface area (Å²) in [6.07, 6.45) is 3.08. The second-order valence-electron chi connectivity index (χ2n) is 4.15. The van der Waals surface area contributed by atoms with Crippen molar-refractivity contribution in [3.63, 3.8) is 0 Å². The van der Waals surface area contributed by atoms with Gasteiger partial charge in [0.15, 0.2) is 0 Å². The van der Waals surface area contributed by atoms with Crippen molar-refractivity contribution in [3.8, 4) is 0 Å². The quantitative estimate of drug-likeness (QED) is 0.800. The minimum atomic E-state index is 0.180. The lowest BCUT2D eigenvalue weighted by Crippen LogP contribution is -2.29. The van der Waals surface area contributed by atoms with Gasteiger partial charge in [0.2, 0.25) is 5.91 Å². The first kappa shape index (κ1) is 10.2. The van der Waals surface area contributed by atoms with E-state index in [2.05, 4.69) is 24.4 Å². The third-order valence-electron chi connectivity index (χ3n) is 2.87. The fraction of sp³-hybridized carbons (Fsp3) is 0.462. The Bertz CT molecular complexity index is 330. The zero-order chi connectivity index (χ0) is 10.7. The van der Waals surface area contributed by atoms with Gasteiger partial charge in [-0.3, -0.25) is 4.79 Å². The van der Waals surface area contributed by atoms with Crippen LogP contribution in [0, 0.1) is 5.92 Å². The number of benzene rings is 1. The molecule has 1 amide bonds. The van der Waals surface area contributed by atoms with Crippen LogP contribution in [0.25, 0.3) is 0 Å². The molecule has 1 saturated carbocycles. The molecule has 2 heteroatoms. The lowest BCUT2D eigenvalue weighted by Gasteiger charge is -2.17. The molecule has 1 N–H and O–H groups in total. The monoisotopic (exact) mass is 203 g/mol. The van der Waals surface area contributed by atoms with Gasteiger partial charge in [-0.25, -0.2) is 0 Å². The van der Waals surface area contributed by atoms with E-state index in [0.717, 1.165) is 19.3 Å². The summed E-state index contributed by atoms with van der Waals surface area (Å²) in [5.74, 6) is 0.522. The Morgan fingerprint density at radius 1 is 1.40 bits per heavy atom. The van der Waals surface area contributed by atoms with Crippen molar-refractivity contribution in [2.24, 2.45) is 5.92 Å². The second kappa shape index (κ2) is 4.47. The van der Waals surface area contributed by atoms with Crippen molar-refractivity contribution in [3.05, 3.63) is 35.9 Å². The Balaban J connectivity index is 2.00. The van der Waals surface area contributed by atoms with Gasteiger partial charge < -0.3 is 5.32 Å². The number of hydrogen-bond acceptors (Lipinski definition) is 1. The minimum absolute atomic E-state index is 0.180. The predicted molar refractivity (Wildman–Crippen MR) is 60.3 cm³/mol. The molecule has 0 heterocycles. The van der Waals surface area contributed by atoms with E-state index < -0.39 is 0 Å². The highest BCUT2D eigenvalue weighted by molar-refractivity contribution is 5.81. The van der Waals surface area contributed by atoms with E-state index >= 15 is 0 Å². The molecule has 15 heavy (non-hydrogen) atoms. The SMILES string of the molecule is CC[C@H](NC(=O)C1CC1)c1ccccc1. The molecular weight excluding hydrogens is 186 g/mol. The number of amides is 1. The molecule has 2 nitrogen and oxygen atoms in total. The van der Waals surface area contributed by atoms with Crippen molar-refractivity contribution < 1.29 is 4.79 Å². The first-order chi connectivity index (χ1) is 7.31. The zero-order valence-electron chi connectivity index (χ0n) is 9.07. The summed E-state index contributed by atoms with van der Waals surface area (Å²) in [6, 6.07) is 10.4. The molecule has 1 aliphatic carbocycles. The number of nitrogens with one attached hydrogen (secondary N) is 1. The lowest BCUT2D eigenvalue weighted by molar-refractivity contribution is -0.123. The normalized spacial score (nSPS) is 17.1. The number of rotatable bonds is 4. The van der Waals surface area contributed by atoms with Crippen LogP contribution in [-0.4, -0.2) is 5.91 Å². The van der Waals surface area contributed by atoms with Gasteiger partial charge in [-0.15, -0.1) is 0 Å². The highest BCUT2D eigenvalue weighted by Crippen LogP contribution is 2.30. The Labute approximate surface area is 90.7 Å². The molecule has 0 unspecified atom stereocenters. The molecule has 0 aliphatic heterocycles. The summed E-state index contributed by atoms with van der Waals surface area (Å²) in [7, 11) is 0. The number of hydrogen-bond donors (Lipinski definition) is 1. The maximum Gasteiger partial charge on any atom is 0.223 e. The van der Waals surface area contributed by atoms with Gasteiger partial charge in [0.25, 0.3) is 0 Å². The second-order valence-corrected chi connectivity index (χ2v) is 4.15. The molecule has 1 aromatic carbocycles. The largest absolute Gasteiger partial charge is 0.349 e. The van der Waals surface area contributed by atoms with Crippen LogP contribution < -0.4 is 5.32 Å². The molecular formula is C13H17NO. The van der Waals surface area contributed by atoms with E-state index in [1.165, 1.54) is 5.56 Å². The van der Waals surface area contributed by atoms with Gasteiger partial charge in [-0.1, -0.05) is 37.3 Å². The standard InChI is InChI=1S/C13H17NO/c1-2-12(10-6-4-3-5-7-10)14-13(15)11-8-9-11/h3-7,11-12H,2,8-9H2,1H3,(H,14,15)/t12-/m0/s1. The molecule has 0 aromatic heterocycles. The smallest absolute Gasteiger partial charge is 0.223 e. The van der Waals surface area contributed by atoms with Crippen LogP contribution in [0.1, 0.15) is 37.8 Å². The third-order valence-corrected chi connectivity index (χ3v) is 2.87. The molecule has 0 bridgehead atoms. The van der Waals surface area contributed by atoms with E-state index in [9.17, 15) is 4.79 Å². The van der Waals surface area contributed by atoms with Crippen LogP contribution in [0.15, 0.2) is 30.3 Å². The van der Waals surface area contributed by atoms with Gasteiger partial charge in [-0.05, 0) is 24.8 Å². The molecule has 2 rings (SSSR count). The lowest BCUT2D eigenvalue weighted by atomic mass is 10.0. The van der Waals surface area contributed by atoms with Gasteiger partial charge in [0.05, 0.1) is 6.04 Å². The molecule has 0 saturated heterocycles. The average Bonchev–Trinajstić information content (AvgIpc) is 3.10. The maximum atomic E-state index is 11.6. The molecule has 1 aromatic rings. The molecule has 0 radical (unpaired) electrons. The Hall–Kier alpha value is -1.31. The minimum Gasteiger partial charge on any atom is -0.349 e. The van der Waals surface area contributed by atoms with Crippen LogP contribution in [-0.2, 0) is 4.79 Å². The van der Waals surface area contributed by atoms with Gasteiger partial charge in [0, 0.05) is 5.92 Å². The zero-order valence-corrected chi connectivity index (χ0v) is 9.07. The number of carbonyl (C=O) groups is 1. The van der Waals surface area contributed by atoms with Gasteiger partial charge >= 0.3 is 0 Å². The van der Waals surface area contributed by atoms with Gasteiger partial charge in [0.1, 0.15) is 0 Å². The first-order valence-corrected chi connectivity index (χ1v) is 5.66. The Kier molecular flexibility index (Phi) is 3.05. The van der Waals surface area contributed by atoms with Crippen LogP contribution in [0.3, 0.4) is 0 Å². The summed E-state index contributed by atoms with van der Waals surface area (Å²) >= 11 is 0. The van der Waals surface area contributed by atoms with Crippen molar-refractivity contribution in [2.45, 2.75) is 32.2 Å². The molecule has 1 atom stereocenters. The topological polar surface area (TPSA) is 29.1 Å². The van der Waals surface area contributed by atoms with Crippen LogP contribution >= 0.6 is 0 Å². The fourth-order valence-electron chi connectivity index (χ4n) is 1.74. The van der Waals surface area contributed by atoms with E-state index in [1.807, 2.05) is 18.2 Å². The molecule has 80 valence electrons. The predicted octanol–water partition coefficient (Wildman–Crippen LogP) is 2.66. The summed E-state index contributed by atoms with van der Waals surface area (Å²) in [5.41, 5.74) is 1.20. The third kappa shape index (κ3) is 2.58. The van der Waals surface area contributed by atoms with E-state index in [0.29, 0.717) is 5.92 Å². The van der Waals surface area contributed by atoms with Crippen LogP contribution in [0.4, 0.5) is 0 Å². The van der Waals surface area contributed by atoms with E-state index in [4.69, 9.17) is 0 Å². The molecule has 1 aliphatic rings. The first-order valence-electron chi connectivity index (χ1n) is 5.66. The molecule has 1 fully saturated rings. The molecule has 0 spiro atoms. The summed E-state index contributed by atoms with van der Waals surface area (Å²) in [4.78, 5) is 11.6. The van der Waals surface area contributed by atoms with Crippen molar-refractivity contribution in [1.82, 2.24) is 5.32 Å².